The molecule has 0 radical (unpaired) electrons. The van der Waals surface area contributed by atoms with Gasteiger partial charge in [-0.3, -0.25) is 19.4 Å². The van der Waals surface area contributed by atoms with Gasteiger partial charge in [-0.2, -0.15) is 0 Å². The summed E-state index contributed by atoms with van der Waals surface area (Å²) in [6.45, 7) is 8.78. The molecule has 0 unspecified atom stereocenters. The maximum Gasteiger partial charge on any atom is 0.243 e. The van der Waals surface area contributed by atoms with Crippen molar-refractivity contribution < 1.29 is 9.59 Å². The van der Waals surface area contributed by atoms with Gasteiger partial charge in [0, 0.05) is 57.8 Å². The average molecular weight is 435 g/mol. The number of rotatable bonds is 8. The van der Waals surface area contributed by atoms with Crippen molar-refractivity contribution in [1.82, 2.24) is 15.1 Å². The number of hydrogen-bond donors (Lipinski definition) is 1. The highest BCUT2D eigenvalue weighted by Gasteiger charge is 2.37. The van der Waals surface area contributed by atoms with Gasteiger partial charge in [0.1, 0.15) is 6.04 Å². The zero-order valence-electron chi connectivity index (χ0n) is 19.0. The molecule has 0 spiro atoms. The molecule has 2 aliphatic heterocycles. The number of benzene rings is 2. The fourth-order valence-corrected chi connectivity index (χ4v) is 4.72. The van der Waals surface area contributed by atoms with E-state index in [0.29, 0.717) is 19.4 Å². The van der Waals surface area contributed by atoms with Crippen LogP contribution in [0.15, 0.2) is 54.6 Å². The number of piperazine rings is 1. The Labute approximate surface area is 191 Å². The molecule has 2 heterocycles. The van der Waals surface area contributed by atoms with Gasteiger partial charge >= 0.3 is 0 Å². The van der Waals surface area contributed by atoms with Gasteiger partial charge in [-0.05, 0) is 30.2 Å². The minimum atomic E-state index is -0.429. The molecule has 0 aromatic heterocycles. The third-order valence-electron chi connectivity index (χ3n) is 6.51. The second kappa shape index (κ2) is 10.7. The molecule has 1 N–H and O–H groups in total. The molecule has 0 aliphatic carbocycles. The van der Waals surface area contributed by atoms with Crippen molar-refractivity contribution >= 4 is 17.5 Å². The first-order valence-electron chi connectivity index (χ1n) is 11.8. The standard InChI is InChI=1S/C26H34N4O2/c1-2-25(31)30-23-12-7-6-11-22(23)19-24(30)26(32)27-13-8-14-28-15-17-29(18-16-28)20-21-9-4-3-5-10-21/h3-7,9-12,24H,2,8,13-20H2,1H3,(H,27,32)/t24-/m0/s1. The third kappa shape index (κ3) is 5.37. The lowest BCUT2D eigenvalue weighted by Gasteiger charge is -2.34. The maximum atomic E-state index is 12.9. The van der Waals surface area contributed by atoms with Crippen LogP contribution >= 0.6 is 0 Å². The number of hydrogen-bond acceptors (Lipinski definition) is 4. The summed E-state index contributed by atoms with van der Waals surface area (Å²) in [4.78, 5) is 32.1. The average Bonchev–Trinajstić information content (AvgIpc) is 3.23. The van der Waals surface area contributed by atoms with E-state index >= 15 is 0 Å². The Bertz CT molecular complexity index is 909. The molecule has 2 aromatic carbocycles. The molecule has 170 valence electrons. The number of nitrogens with zero attached hydrogens (tertiary/aromatic N) is 3. The van der Waals surface area contributed by atoms with Crippen LogP contribution in [0.3, 0.4) is 0 Å². The molecule has 2 amide bonds. The highest BCUT2D eigenvalue weighted by atomic mass is 16.2. The Balaban J connectivity index is 1.18. The van der Waals surface area contributed by atoms with E-state index in [1.54, 1.807) is 4.90 Å². The summed E-state index contributed by atoms with van der Waals surface area (Å²) in [5.74, 6) is -0.0424. The van der Waals surface area contributed by atoms with Crippen LogP contribution in [0.4, 0.5) is 5.69 Å². The smallest absolute Gasteiger partial charge is 0.243 e. The normalized spacial score (nSPS) is 19.0. The van der Waals surface area contributed by atoms with E-state index in [4.69, 9.17) is 0 Å². The van der Waals surface area contributed by atoms with Crippen LogP contribution in [-0.4, -0.2) is 66.9 Å². The summed E-state index contributed by atoms with van der Waals surface area (Å²) < 4.78 is 0. The first kappa shape index (κ1) is 22.5. The summed E-state index contributed by atoms with van der Waals surface area (Å²) in [6, 6.07) is 18.0. The molecule has 1 atom stereocenters. The molecule has 1 fully saturated rings. The van der Waals surface area contributed by atoms with E-state index in [1.807, 2.05) is 31.2 Å². The lowest BCUT2D eigenvalue weighted by Crippen LogP contribution is -2.49. The molecular weight excluding hydrogens is 400 g/mol. The number of fused-ring (bicyclic) bond motifs is 1. The highest BCUT2D eigenvalue weighted by Crippen LogP contribution is 2.32. The predicted octanol–water partition coefficient (Wildman–Crippen LogP) is 2.68. The van der Waals surface area contributed by atoms with E-state index in [9.17, 15) is 9.59 Å². The highest BCUT2D eigenvalue weighted by molar-refractivity contribution is 6.03. The second-order valence-electron chi connectivity index (χ2n) is 8.71. The van der Waals surface area contributed by atoms with Crippen molar-refractivity contribution in [2.75, 3.05) is 44.2 Å². The van der Waals surface area contributed by atoms with Gasteiger partial charge in [-0.25, -0.2) is 0 Å². The van der Waals surface area contributed by atoms with Gasteiger partial charge < -0.3 is 10.2 Å². The van der Waals surface area contributed by atoms with Crippen molar-refractivity contribution in [3.63, 3.8) is 0 Å². The minimum absolute atomic E-state index is 0.00322. The lowest BCUT2D eigenvalue weighted by molar-refractivity contribution is -0.126. The van der Waals surface area contributed by atoms with Gasteiger partial charge in [0.25, 0.3) is 0 Å². The van der Waals surface area contributed by atoms with Crippen LogP contribution in [0, 0.1) is 0 Å². The number of anilines is 1. The SMILES string of the molecule is CCC(=O)N1c2ccccc2C[C@H]1C(=O)NCCCN1CCN(Cc2ccccc2)CC1. The second-order valence-corrected chi connectivity index (χ2v) is 8.71. The van der Waals surface area contributed by atoms with Crippen molar-refractivity contribution in [2.24, 2.45) is 0 Å². The van der Waals surface area contributed by atoms with Crippen LogP contribution in [0.5, 0.6) is 0 Å². The molecular formula is C26H34N4O2. The zero-order valence-corrected chi connectivity index (χ0v) is 19.0. The van der Waals surface area contributed by atoms with Gasteiger partial charge in [0.2, 0.25) is 11.8 Å². The predicted molar refractivity (Wildman–Crippen MR) is 127 cm³/mol. The third-order valence-corrected chi connectivity index (χ3v) is 6.51. The Morgan fingerprint density at radius 1 is 0.938 bits per heavy atom. The van der Waals surface area contributed by atoms with Gasteiger partial charge in [-0.15, -0.1) is 0 Å². The fourth-order valence-electron chi connectivity index (χ4n) is 4.72. The Kier molecular flexibility index (Phi) is 7.55. The van der Waals surface area contributed by atoms with Crippen molar-refractivity contribution in [3.8, 4) is 0 Å². The molecule has 1 saturated heterocycles. The first-order chi connectivity index (χ1) is 15.7. The summed E-state index contributed by atoms with van der Waals surface area (Å²) >= 11 is 0. The summed E-state index contributed by atoms with van der Waals surface area (Å²) in [5.41, 5.74) is 3.32. The van der Waals surface area contributed by atoms with Crippen LogP contribution in [0.2, 0.25) is 0 Å². The van der Waals surface area contributed by atoms with Crippen LogP contribution in [0.1, 0.15) is 30.9 Å². The van der Waals surface area contributed by atoms with Crippen molar-refractivity contribution in [1.29, 1.82) is 0 Å². The molecule has 2 aromatic rings. The molecule has 32 heavy (non-hydrogen) atoms. The summed E-state index contributed by atoms with van der Waals surface area (Å²) in [6.07, 6.45) is 1.91. The fraction of sp³-hybridized carbons (Fsp3) is 0.462. The Morgan fingerprint density at radius 3 is 2.38 bits per heavy atom. The van der Waals surface area contributed by atoms with Crippen LogP contribution < -0.4 is 10.2 Å². The summed E-state index contributed by atoms with van der Waals surface area (Å²) in [7, 11) is 0. The van der Waals surface area contributed by atoms with E-state index < -0.39 is 6.04 Å². The van der Waals surface area contributed by atoms with Crippen molar-refractivity contribution in [3.05, 3.63) is 65.7 Å². The Hall–Kier alpha value is -2.70. The number of nitrogens with one attached hydrogen (secondary N) is 1. The molecule has 4 rings (SSSR count). The largest absolute Gasteiger partial charge is 0.354 e. The zero-order chi connectivity index (χ0) is 22.3. The van der Waals surface area contributed by atoms with E-state index in [-0.39, 0.29) is 11.8 Å². The monoisotopic (exact) mass is 434 g/mol. The van der Waals surface area contributed by atoms with E-state index in [1.165, 1.54) is 5.56 Å². The number of carbonyl (C=O) groups excluding carboxylic acids is 2. The Morgan fingerprint density at radius 2 is 1.62 bits per heavy atom. The molecule has 6 nitrogen and oxygen atoms in total. The molecule has 0 saturated carbocycles. The number of amides is 2. The van der Waals surface area contributed by atoms with Gasteiger partial charge in [-0.1, -0.05) is 55.5 Å². The number of para-hydroxylation sites is 1. The maximum absolute atomic E-state index is 12.9. The molecule has 6 heteroatoms. The van der Waals surface area contributed by atoms with E-state index in [0.717, 1.165) is 56.9 Å². The quantitative estimate of drug-likeness (QED) is 0.649. The minimum Gasteiger partial charge on any atom is -0.354 e. The summed E-state index contributed by atoms with van der Waals surface area (Å²) in [5, 5.41) is 3.08. The van der Waals surface area contributed by atoms with Crippen LogP contribution in [0.25, 0.3) is 0 Å². The molecule has 2 aliphatic rings. The number of carbonyl (C=O) groups is 2. The topological polar surface area (TPSA) is 55.9 Å². The van der Waals surface area contributed by atoms with Crippen LogP contribution in [-0.2, 0) is 22.6 Å². The van der Waals surface area contributed by atoms with Crippen molar-refractivity contribution in [2.45, 2.75) is 38.8 Å². The van der Waals surface area contributed by atoms with Gasteiger partial charge in [0.05, 0.1) is 0 Å². The first-order valence-corrected chi connectivity index (χ1v) is 11.8. The molecule has 0 bridgehead atoms. The van der Waals surface area contributed by atoms with Gasteiger partial charge in [0.15, 0.2) is 0 Å². The van der Waals surface area contributed by atoms with E-state index in [2.05, 4.69) is 45.4 Å². The lowest BCUT2D eigenvalue weighted by atomic mass is 10.1.